The second-order valence-electron chi connectivity index (χ2n) is 9.11. The summed E-state index contributed by atoms with van der Waals surface area (Å²) in [7, 11) is 3.67. The standard InChI is InChI=1S/C22H30N8OS/c1-13-9-18(28-27-13)24-20-17-7-8-32-21(17)26-22(25-20)23-14-10-15-5-4-6-16(11-14)30(15)12-19(31)29(2)3/h7-9,14-16H,4-6,10-12H2,1-3H3,(H3,23,24,25,26,27,28). The van der Waals surface area contributed by atoms with Gasteiger partial charge in [0, 0.05) is 44.0 Å². The van der Waals surface area contributed by atoms with Crippen molar-refractivity contribution in [3.05, 3.63) is 23.2 Å². The molecule has 9 nitrogen and oxygen atoms in total. The van der Waals surface area contributed by atoms with Crippen LogP contribution in [0.15, 0.2) is 17.5 Å². The van der Waals surface area contributed by atoms with Gasteiger partial charge in [0.2, 0.25) is 11.9 Å². The number of H-pyrrole nitrogens is 1. The molecule has 0 radical (unpaired) electrons. The number of aryl methyl sites for hydroxylation is 1. The molecule has 2 unspecified atom stereocenters. The number of hydrogen-bond acceptors (Lipinski definition) is 8. The highest BCUT2D eigenvalue weighted by molar-refractivity contribution is 7.16. The molecule has 3 aromatic rings. The second kappa shape index (κ2) is 8.67. The first-order valence-electron chi connectivity index (χ1n) is 11.2. The number of piperidine rings is 2. The fourth-order valence-corrected chi connectivity index (χ4v) is 5.72. The molecule has 32 heavy (non-hydrogen) atoms. The molecule has 3 aromatic heterocycles. The lowest BCUT2D eigenvalue weighted by Gasteiger charge is -2.48. The highest BCUT2D eigenvalue weighted by Crippen LogP contribution is 2.35. The van der Waals surface area contributed by atoms with Gasteiger partial charge >= 0.3 is 0 Å². The number of carbonyl (C=O) groups is 1. The third-order valence-electron chi connectivity index (χ3n) is 6.55. The predicted molar refractivity (Wildman–Crippen MR) is 127 cm³/mol. The van der Waals surface area contributed by atoms with Gasteiger partial charge in [-0.25, -0.2) is 4.98 Å². The number of likely N-dealkylation sites (N-methyl/N-ethyl adjacent to an activating group) is 1. The average molecular weight is 455 g/mol. The summed E-state index contributed by atoms with van der Waals surface area (Å²) in [5.41, 5.74) is 0.993. The molecule has 2 bridgehead atoms. The van der Waals surface area contributed by atoms with Crippen molar-refractivity contribution in [3.63, 3.8) is 0 Å². The van der Waals surface area contributed by atoms with Crippen LogP contribution in [0.4, 0.5) is 17.6 Å². The van der Waals surface area contributed by atoms with Gasteiger partial charge in [0.15, 0.2) is 5.82 Å². The van der Waals surface area contributed by atoms with Crippen LogP contribution in [0.5, 0.6) is 0 Å². The van der Waals surface area contributed by atoms with Crippen molar-refractivity contribution in [3.8, 4) is 0 Å². The second-order valence-corrected chi connectivity index (χ2v) is 10.0. The Kier molecular flexibility index (Phi) is 5.73. The molecular weight excluding hydrogens is 424 g/mol. The Morgan fingerprint density at radius 2 is 2.06 bits per heavy atom. The van der Waals surface area contributed by atoms with E-state index in [0.29, 0.717) is 30.6 Å². The minimum absolute atomic E-state index is 0.184. The van der Waals surface area contributed by atoms with Gasteiger partial charge in [-0.2, -0.15) is 10.1 Å². The van der Waals surface area contributed by atoms with Crippen LogP contribution in [0.2, 0.25) is 0 Å². The highest BCUT2D eigenvalue weighted by atomic mass is 32.1. The first-order valence-corrected chi connectivity index (χ1v) is 12.1. The summed E-state index contributed by atoms with van der Waals surface area (Å²) < 4.78 is 0. The van der Waals surface area contributed by atoms with Crippen LogP contribution in [-0.4, -0.2) is 74.6 Å². The van der Waals surface area contributed by atoms with Crippen molar-refractivity contribution in [1.82, 2.24) is 30.0 Å². The van der Waals surface area contributed by atoms with E-state index in [1.54, 1.807) is 16.2 Å². The molecule has 2 atom stereocenters. The van der Waals surface area contributed by atoms with Crippen LogP contribution in [0, 0.1) is 6.92 Å². The number of nitrogens with one attached hydrogen (secondary N) is 3. The van der Waals surface area contributed by atoms with E-state index in [9.17, 15) is 4.79 Å². The van der Waals surface area contributed by atoms with Crippen LogP contribution in [-0.2, 0) is 4.79 Å². The van der Waals surface area contributed by atoms with Crippen LogP contribution in [0.3, 0.4) is 0 Å². The molecule has 2 aliphatic rings. The van der Waals surface area contributed by atoms with Gasteiger partial charge in [-0.15, -0.1) is 11.3 Å². The van der Waals surface area contributed by atoms with Crippen LogP contribution in [0.1, 0.15) is 37.8 Å². The van der Waals surface area contributed by atoms with E-state index in [1.165, 1.54) is 6.42 Å². The summed E-state index contributed by atoms with van der Waals surface area (Å²) in [6.07, 6.45) is 5.54. The Labute approximate surface area is 191 Å². The Morgan fingerprint density at radius 1 is 1.28 bits per heavy atom. The Bertz CT molecular complexity index is 1090. The zero-order chi connectivity index (χ0) is 22.2. The zero-order valence-corrected chi connectivity index (χ0v) is 19.6. The van der Waals surface area contributed by atoms with E-state index in [2.05, 4.69) is 25.7 Å². The summed E-state index contributed by atoms with van der Waals surface area (Å²) in [5, 5.41) is 17.2. The normalized spacial score (nSPS) is 23.3. The minimum Gasteiger partial charge on any atom is -0.351 e. The number of rotatable bonds is 6. The van der Waals surface area contributed by atoms with Gasteiger partial charge < -0.3 is 15.5 Å². The van der Waals surface area contributed by atoms with Gasteiger partial charge in [-0.05, 0) is 44.1 Å². The SMILES string of the molecule is Cc1cc(Nc2nc(NC3CC4CCCC(C3)N4CC(=O)N(C)C)nc3sccc23)n[nH]1. The van der Waals surface area contributed by atoms with E-state index in [4.69, 9.17) is 9.97 Å². The number of carbonyl (C=O) groups excluding carboxylic acids is 1. The van der Waals surface area contributed by atoms with E-state index < -0.39 is 0 Å². The quantitative estimate of drug-likeness (QED) is 0.525. The van der Waals surface area contributed by atoms with Gasteiger partial charge in [0.1, 0.15) is 10.6 Å². The average Bonchev–Trinajstić information content (AvgIpc) is 3.37. The highest BCUT2D eigenvalue weighted by Gasteiger charge is 2.39. The third kappa shape index (κ3) is 4.29. The predicted octanol–water partition coefficient (Wildman–Crippen LogP) is 3.35. The summed E-state index contributed by atoms with van der Waals surface area (Å²) in [5.74, 6) is 2.34. The van der Waals surface area contributed by atoms with Crippen molar-refractivity contribution in [2.24, 2.45) is 0 Å². The van der Waals surface area contributed by atoms with Crippen molar-refractivity contribution < 1.29 is 4.79 Å². The van der Waals surface area contributed by atoms with Crippen molar-refractivity contribution in [2.75, 3.05) is 31.3 Å². The third-order valence-corrected chi connectivity index (χ3v) is 7.36. The lowest BCUT2D eigenvalue weighted by Crippen LogP contribution is -2.57. The Morgan fingerprint density at radius 3 is 2.75 bits per heavy atom. The van der Waals surface area contributed by atoms with E-state index in [-0.39, 0.29) is 5.91 Å². The maximum Gasteiger partial charge on any atom is 0.236 e. The maximum absolute atomic E-state index is 12.3. The molecule has 0 aliphatic carbocycles. The molecule has 10 heteroatoms. The maximum atomic E-state index is 12.3. The first-order chi connectivity index (χ1) is 15.5. The summed E-state index contributed by atoms with van der Waals surface area (Å²) in [6.45, 7) is 2.49. The lowest BCUT2D eigenvalue weighted by molar-refractivity contribution is -0.132. The minimum atomic E-state index is 0.184. The van der Waals surface area contributed by atoms with Gasteiger partial charge in [-0.1, -0.05) is 6.42 Å². The number of hydrogen-bond donors (Lipinski definition) is 3. The molecular formula is C22H30N8OS. The van der Waals surface area contributed by atoms with Crippen LogP contribution < -0.4 is 10.6 Å². The molecule has 170 valence electrons. The molecule has 5 rings (SSSR count). The molecule has 2 saturated heterocycles. The largest absolute Gasteiger partial charge is 0.351 e. The molecule has 2 aliphatic heterocycles. The number of fused-ring (bicyclic) bond motifs is 3. The molecule has 0 aromatic carbocycles. The molecule has 2 fully saturated rings. The smallest absolute Gasteiger partial charge is 0.236 e. The number of aromatic nitrogens is 4. The van der Waals surface area contributed by atoms with E-state index >= 15 is 0 Å². The first kappa shape index (κ1) is 21.1. The topological polar surface area (TPSA) is 102 Å². The van der Waals surface area contributed by atoms with Crippen molar-refractivity contribution in [1.29, 1.82) is 0 Å². The lowest BCUT2D eigenvalue weighted by atomic mass is 9.81. The summed E-state index contributed by atoms with van der Waals surface area (Å²) >= 11 is 1.61. The van der Waals surface area contributed by atoms with Crippen LogP contribution in [0.25, 0.3) is 10.2 Å². The fraction of sp³-hybridized carbons (Fsp3) is 0.545. The fourth-order valence-electron chi connectivity index (χ4n) is 4.95. The Hall–Kier alpha value is -2.72. The Balaban J connectivity index is 1.33. The number of thiophene rings is 1. The van der Waals surface area contributed by atoms with E-state index in [0.717, 1.165) is 53.2 Å². The summed E-state index contributed by atoms with van der Waals surface area (Å²) in [6, 6.07) is 5.15. The van der Waals surface area contributed by atoms with Crippen molar-refractivity contribution >= 4 is 45.0 Å². The molecule has 0 saturated carbocycles. The molecule has 5 heterocycles. The monoisotopic (exact) mass is 454 g/mol. The zero-order valence-electron chi connectivity index (χ0n) is 18.8. The van der Waals surface area contributed by atoms with Gasteiger partial charge in [0.05, 0.1) is 11.9 Å². The number of amides is 1. The molecule has 3 N–H and O–H groups in total. The number of nitrogens with zero attached hydrogens (tertiary/aromatic N) is 5. The number of anilines is 3. The van der Waals surface area contributed by atoms with E-state index in [1.807, 2.05) is 38.5 Å². The number of aromatic amines is 1. The summed E-state index contributed by atoms with van der Waals surface area (Å²) in [4.78, 5) is 27.0. The van der Waals surface area contributed by atoms with Crippen molar-refractivity contribution in [2.45, 2.75) is 57.2 Å². The van der Waals surface area contributed by atoms with Crippen LogP contribution >= 0.6 is 11.3 Å². The van der Waals surface area contributed by atoms with Gasteiger partial charge in [0.25, 0.3) is 0 Å². The molecule has 0 spiro atoms. The molecule has 1 amide bonds. The van der Waals surface area contributed by atoms with Gasteiger partial charge in [-0.3, -0.25) is 14.8 Å².